The van der Waals surface area contributed by atoms with Gasteiger partial charge in [0.05, 0.1) is 7.11 Å². The molecule has 1 aliphatic heterocycles. The number of thioether (sulfide) groups is 1. The first-order valence-corrected chi connectivity index (χ1v) is 3.51. The van der Waals surface area contributed by atoms with Crippen molar-refractivity contribution in [1.82, 2.24) is 0 Å². The van der Waals surface area contributed by atoms with E-state index >= 15 is 0 Å². The molecule has 1 unspecified atom stereocenters. The van der Waals surface area contributed by atoms with Crippen LogP contribution in [-0.2, 0) is 4.74 Å². The van der Waals surface area contributed by atoms with Crippen LogP contribution in [0.1, 0.15) is 12.8 Å². The van der Waals surface area contributed by atoms with Gasteiger partial charge in [0, 0.05) is 0 Å². The lowest BCUT2D eigenvalue weighted by atomic mass is 10.4. The van der Waals surface area contributed by atoms with Gasteiger partial charge in [0.15, 0.2) is 0 Å². The monoisotopic (exact) mass is 117 g/mol. The Morgan fingerprint density at radius 2 is 2.57 bits per heavy atom. The van der Waals surface area contributed by atoms with Crippen molar-refractivity contribution in [3.05, 3.63) is 7.11 Å². The molecule has 1 atom stereocenters. The summed E-state index contributed by atoms with van der Waals surface area (Å²) in [6, 6.07) is 0. The molecular weight excluding hydrogens is 108 g/mol. The van der Waals surface area contributed by atoms with Gasteiger partial charge in [-0.1, -0.05) is 0 Å². The van der Waals surface area contributed by atoms with Gasteiger partial charge in [-0.25, -0.2) is 0 Å². The Balaban J connectivity index is 2.14. The zero-order valence-corrected chi connectivity index (χ0v) is 5.04. The molecule has 0 spiro atoms. The molecule has 0 aromatic heterocycles. The standard InChI is InChI=1S/C5H9OS/c1-6-5-3-2-4-7-5/h5H,1-4H2. The number of hydrogen-bond acceptors (Lipinski definition) is 2. The average Bonchev–Trinajstić information content (AvgIpc) is 2.14. The molecule has 1 saturated heterocycles. The summed E-state index contributed by atoms with van der Waals surface area (Å²) in [6.07, 6.45) is 2.49. The molecule has 1 nitrogen and oxygen atoms in total. The van der Waals surface area contributed by atoms with Crippen LogP contribution in [0.25, 0.3) is 0 Å². The molecule has 1 radical (unpaired) electrons. The first-order valence-electron chi connectivity index (χ1n) is 2.46. The molecule has 0 amide bonds. The molecule has 1 rings (SSSR count). The Bertz CT molecular complexity index is 50.0. The minimum atomic E-state index is 0.403. The van der Waals surface area contributed by atoms with E-state index in [2.05, 4.69) is 7.11 Å². The van der Waals surface area contributed by atoms with E-state index in [9.17, 15) is 0 Å². The van der Waals surface area contributed by atoms with Crippen LogP contribution in [0, 0.1) is 7.11 Å². The maximum Gasteiger partial charge on any atom is 0.103 e. The summed E-state index contributed by atoms with van der Waals surface area (Å²) < 4.78 is 4.82. The molecule has 1 heterocycles. The summed E-state index contributed by atoms with van der Waals surface area (Å²) in [7, 11) is 3.35. The van der Waals surface area contributed by atoms with E-state index in [0.717, 1.165) is 0 Å². The van der Waals surface area contributed by atoms with Gasteiger partial charge >= 0.3 is 0 Å². The third-order valence-electron chi connectivity index (χ3n) is 1.07. The molecule has 0 saturated carbocycles. The molecule has 0 N–H and O–H groups in total. The summed E-state index contributed by atoms with van der Waals surface area (Å²) in [5.41, 5.74) is 0.403. The molecule has 2 heteroatoms. The van der Waals surface area contributed by atoms with Gasteiger partial charge in [-0.3, -0.25) is 0 Å². The first kappa shape index (κ1) is 5.45. The van der Waals surface area contributed by atoms with Crippen molar-refractivity contribution in [2.24, 2.45) is 0 Å². The summed E-state index contributed by atoms with van der Waals surface area (Å²) in [5.74, 6) is 1.25. The minimum Gasteiger partial charge on any atom is -0.365 e. The molecule has 41 valence electrons. The number of ether oxygens (including phenoxy) is 1. The van der Waals surface area contributed by atoms with Crippen LogP contribution in [-0.4, -0.2) is 11.2 Å². The van der Waals surface area contributed by atoms with Crippen molar-refractivity contribution < 1.29 is 4.74 Å². The Labute approximate surface area is 48.4 Å². The van der Waals surface area contributed by atoms with Gasteiger partial charge in [-0.2, -0.15) is 0 Å². The third-order valence-corrected chi connectivity index (χ3v) is 2.34. The van der Waals surface area contributed by atoms with Crippen LogP contribution in [0.4, 0.5) is 0 Å². The lowest BCUT2D eigenvalue weighted by molar-refractivity contribution is 0.212. The smallest absolute Gasteiger partial charge is 0.103 e. The number of hydrogen-bond donors (Lipinski definition) is 0. The van der Waals surface area contributed by atoms with E-state index in [4.69, 9.17) is 4.74 Å². The van der Waals surface area contributed by atoms with Crippen LogP contribution >= 0.6 is 11.8 Å². The van der Waals surface area contributed by atoms with E-state index < -0.39 is 0 Å². The fraction of sp³-hybridized carbons (Fsp3) is 0.800. The van der Waals surface area contributed by atoms with Crippen molar-refractivity contribution in [1.29, 1.82) is 0 Å². The van der Waals surface area contributed by atoms with Crippen LogP contribution in [0.3, 0.4) is 0 Å². The largest absolute Gasteiger partial charge is 0.365 e. The van der Waals surface area contributed by atoms with E-state index in [1.54, 1.807) is 0 Å². The van der Waals surface area contributed by atoms with Gasteiger partial charge < -0.3 is 4.74 Å². The second kappa shape index (κ2) is 2.58. The highest BCUT2D eigenvalue weighted by atomic mass is 32.2. The predicted octanol–water partition coefficient (Wildman–Crippen LogP) is 1.65. The Hall–Kier alpha value is 0.310. The third kappa shape index (κ3) is 1.35. The topological polar surface area (TPSA) is 9.23 Å². The summed E-state index contributed by atoms with van der Waals surface area (Å²) in [6.45, 7) is 0. The van der Waals surface area contributed by atoms with Crippen molar-refractivity contribution in [2.75, 3.05) is 5.75 Å². The normalized spacial score (nSPS) is 31.3. The number of rotatable bonds is 1. The lowest BCUT2D eigenvalue weighted by Crippen LogP contribution is -1.94. The maximum atomic E-state index is 4.82. The second-order valence-electron chi connectivity index (χ2n) is 1.61. The lowest BCUT2D eigenvalue weighted by Gasteiger charge is -2.01. The summed E-state index contributed by atoms with van der Waals surface area (Å²) in [4.78, 5) is 0. The van der Waals surface area contributed by atoms with Crippen LogP contribution in [0.2, 0.25) is 0 Å². The van der Waals surface area contributed by atoms with E-state index in [1.807, 2.05) is 11.8 Å². The van der Waals surface area contributed by atoms with Gasteiger partial charge in [-0.05, 0) is 18.6 Å². The highest BCUT2D eigenvalue weighted by Gasteiger charge is 2.12. The highest BCUT2D eigenvalue weighted by molar-refractivity contribution is 8.00. The Kier molecular flexibility index (Phi) is 2.00. The molecule has 1 fully saturated rings. The second-order valence-corrected chi connectivity index (χ2v) is 2.88. The zero-order chi connectivity index (χ0) is 5.11. The fourth-order valence-corrected chi connectivity index (χ4v) is 1.71. The molecule has 0 bridgehead atoms. The molecule has 1 aliphatic rings. The summed E-state index contributed by atoms with van der Waals surface area (Å²) >= 11 is 1.86. The predicted molar refractivity (Wildman–Crippen MR) is 31.9 cm³/mol. The van der Waals surface area contributed by atoms with Crippen LogP contribution in [0.5, 0.6) is 0 Å². The molecule has 7 heavy (non-hydrogen) atoms. The van der Waals surface area contributed by atoms with Gasteiger partial charge in [0.2, 0.25) is 0 Å². The zero-order valence-electron chi connectivity index (χ0n) is 4.22. The Morgan fingerprint density at radius 1 is 1.71 bits per heavy atom. The van der Waals surface area contributed by atoms with E-state index in [-0.39, 0.29) is 0 Å². The molecule has 0 aromatic carbocycles. The van der Waals surface area contributed by atoms with E-state index in [0.29, 0.717) is 5.44 Å². The van der Waals surface area contributed by atoms with Crippen molar-refractivity contribution in [3.63, 3.8) is 0 Å². The van der Waals surface area contributed by atoms with E-state index in [1.165, 1.54) is 18.6 Å². The van der Waals surface area contributed by atoms with Gasteiger partial charge in [0.25, 0.3) is 0 Å². The SMILES string of the molecule is [CH2]OC1CCCS1. The quantitative estimate of drug-likeness (QED) is 0.516. The molecular formula is C5H9OS. The molecule has 0 aromatic rings. The fourth-order valence-electron chi connectivity index (χ4n) is 0.680. The van der Waals surface area contributed by atoms with Gasteiger partial charge in [0.1, 0.15) is 5.44 Å². The van der Waals surface area contributed by atoms with Crippen LogP contribution < -0.4 is 0 Å². The average molecular weight is 117 g/mol. The van der Waals surface area contributed by atoms with Crippen molar-refractivity contribution in [3.8, 4) is 0 Å². The minimum absolute atomic E-state index is 0.403. The maximum absolute atomic E-state index is 4.82. The van der Waals surface area contributed by atoms with Crippen molar-refractivity contribution >= 4 is 11.8 Å². The first-order chi connectivity index (χ1) is 3.43. The Morgan fingerprint density at radius 3 is 2.86 bits per heavy atom. The highest BCUT2D eigenvalue weighted by Crippen LogP contribution is 2.26. The van der Waals surface area contributed by atoms with Crippen LogP contribution in [0.15, 0.2) is 0 Å². The summed E-state index contributed by atoms with van der Waals surface area (Å²) in [5, 5.41) is 0. The van der Waals surface area contributed by atoms with Gasteiger partial charge in [-0.15, -0.1) is 11.8 Å². The van der Waals surface area contributed by atoms with Crippen molar-refractivity contribution in [2.45, 2.75) is 18.3 Å². The molecule has 0 aliphatic carbocycles.